The Morgan fingerprint density at radius 3 is 2.58 bits per heavy atom. The van der Waals surface area contributed by atoms with E-state index in [2.05, 4.69) is 10.3 Å². The fourth-order valence-electron chi connectivity index (χ4n) is 1.33. The Labute approximate surface area is 114 Å². The van der Waals surface area contributed by atoms with Gasteiger partial charge in [0.1, 0.15) is 20.8 Å². The maximum atomic E-state index is 11.8. The minimum atomic E-state index is -3.27. The van der Waals surface area contributed by atoms with Crippen molar-refractivity contribution in [2.45, 2.75) is 19.4 Å². The summed E-state index contributed by atoms with van der Waals surface area (Å²) in [5.74, 6) is -2.12. The van der Waals surface area contributed by atoms with Crippen molar-refractivity contribution in [3.63, 3.8) is 0 Å². The lowest BCUT2D eigenvalue weighted by Gasteiger charge is -2.13. The van der Waals surface area contributed by atoms with Gasteiger partial charge in [-0.25, -0.2) is 18.2 Å². The number of carbonyl (C=O) groups excluding carboxylic acids is 1. The van der Waals surface area contributed by atoms with Crippen LogP contribution in [0, 0.1) is 6.92 Å². The van der Waals surface area contributed by atoms with Crippen LogP contribution < -0.4 is 5.32 Å². The summed E-state index contributed by atoms with van der Waals surface area (Å²) in [6, 6.07) is -1.23. The van der Waals surface area contributed by atoms with Gasteiger partial charge in [-0.15, -0.1) is 11.3 Å². The molecule has 0 radical (unpaired) electrons. The Morgan fingerprint density at radius 1 is 1.53 bits per heavy atom. The maximum absolute atomic E-state index is 11.8. The zero-order valence-electron chi connectivity index (χ0n) is 10.4. The molecule has 7 nitrogen and oxygen atoms in total. The van der Waals surface area contributed by atoms with Crippen molar-refractivity contribution in [3.05, 3.63) is 16.1 Å². The van der Waals surface area contributed by atoms with Gasteiger partial charge in [0.05, 0.1) is 17.0 Å². The molecule has 0 saturated heterocycles. The zero-order chi connectivity index (χ0) is 14.6. The van der Waals surface area contributed by atoms with Crippen molar-refractivity contribution in [2.75, 3.05) is 12.0 Å². The number of carboxylic acids is 1. The lowest BCUT2D eigenvalue weighted by atomic mass is 10.2. The van der Waals surface area contributed by atoms with Crippen LogP contribution in [0.25, 0.3) is 0 Å². The first-order valence-corrected chi connectivity index (χ1v) is 8.26. The third-order valence-corrected chi connectivity index (χ3v) is 4.24. The number of rotatable bonds is 6. The van der Waals surface area contributed by atoms with E-state index in [1.54, 1.807) is 6.92 Å². The molecule has 0 aromatic carbocycles. The van der Waals surface area contributed by atoms with E-state index in [0.717, 1.165) is 17.6 Å². The highest BCUT2D eigenvalue weighted by Gasteiger charge is 2.23. The minimum Gasteiger partial charge on any atom is -0.480 e. The largest absolute Gasteiger partial charge is 0.480 e. The lowest BCUT2D eigenvalue weighted by molar-refractivity contribution is -0.139. The summed E-state index contributed by atoms with van der Waals surface area (Å²) in [4.78, 5) is 27.0. The predicted molar refractivity (Wildman–Crippen MR) is 70.1 cm³/mol. The molecule has 1 amide bonds. The van der Waals surface area contributed by atoms with Crippen molar-refractivity contribution < 1.29 is 23.1 Å². The topological polar surface area (TPSA) is 113 Å². The van der Waals surface area contributed by atoms with Gasteiger partial charge in [-0.1, -0.05) is 0 Å². The fraction of sp³-hybridized carbons (Fsp3) is 0.500. The maximum Gasteiger partial charge on any atom is 0.326 e. The van der Waals surface area contributed by atoms with Gasteiger partial charge in [0.15, 0.2) is 0 Å². The highest BCUT2D eigenvalue weighted by Crippen LogP contribution is 2.12. The molecule has 1 unspecified atom stereocenters. The van der Waals surface area contributed by atoms with Crippen molar-refractivity contribution in [1.29, 1.82) is 0 Å². The second-order valence-electron chi connectivity index (χ2n) is 4.05. The SMILES string of the molecule is Cc1ncsc1C(=O)NC(CCS(C)(=O)=O)C(=O)O. The molecule has 1 aromatic heterocycles. The molecule has 19 heavy (non-hydrogen) atoms. The van der Waals surface area contributed by atoms with Crippen LogP contribution >= 0.6 is 11.3 Å². The van der Waals surface area contributed by atoms with Crippen LogP contribution in [-0.2, 0) is 14.6 Å². The number of sulfone groups is 1. The van der Waals surface area contributed by atoms with Gasteiger partial charge in [-0.2, -0.15) is 0 Å². The van der Waals surface area contributed by atoms with Crippen molar-refractivity contribution in [2.24, 2.45) is 0 Å². The van der Waals surface area contributed by atoms with Crippen LogP contribution in [0.15, 0.2) is 5.51 Å². The minimum absolute atomic E-state index is 0.169. The number of hydrogen-bond acceptors (Lipinski definition) is 6. The predicted octanol–water partition coefficient (Wildman–Crippen LogP) is 0.0692. The number of nitrogens with one attached hydrogen (secondary N) is 1. The highest BCUT2D eigenvalue weighted by molar-refractivity contribution is 7.90. The Morgan fingerprint density at radius 2 is 2.16 bits per heavy atom. The molecule has 0 aliphatic carbocycles. The van der Waals surface area contributed by atoms with Crippen molar-refractivity contribution >= 4 is 33.1 Å². The van der Waals surface area contributed by atoms with Gasteiger partial charge in [0.25, 0.3) is 5.91 Å². The molecule has 2 N–H and O–H groups in total. The number of aromatic nitrogens is 1. The summed E-state index contributed by atoms with van der Waals surface area (Å²) in [5.41, 5.74) is 1.99. The molecule has 1 aromatic rings. The molecule has 0 aliphatic rings. The molecule has 0 saturated carbocycles. The van der Waals surface area contributed by atoms with E-state index in [1.165, 1.54) is 5.51 Å². The van der Waals surface area contributed by atoms with Gasteiger partial charge in [-0.05, 0) is 13.3 Å². The van der Waals surface area contributed by atoms with E-state index >= 15 is 0 Å². The first-order valence-electron chi connectivity index (χ1n) is 5.32. The standard InChI is InChI=1S/C10H14N2O5S2/c1-6-8(18-5-11-6)9(13)12-7(10(14)15)3-4-19(2,16)17/h5,7H,3-4H2,1-2H3,(H,12,13)(H,14,15). The molecule has 0 spiro atoms. The summed E-state index contributed by atoms with van der Waals surface area (Å²) in [5, 5.41) is 11.3. The van der Waals surface area contributed by atoms with E-state index in [9.17, 15) is 18.0 Å². The van der Waals surface area contributed by atoms with Crippen LogP contribution in [0.1, 0.15) is 21.8 Å². The average Bonchev–Trinajstić information content (AvgIpc) is 2.68. The summed E-state index contributed by atoms with van der Waals surface area (Å²) in [7, 11) is -3.27. The molecule has 106 valence electrons. The molecule has 0 aliphatic heterocycles. The zero-order valence-corrected chi connectivity index (χ0v) is 12.0. The Balaban J connectivity index is 2.72. The second kappa shape index (κ2) is 6.11. The summed E-state index contributed by atoms with van der Waals surface area (Å²) >= 11 is 1.10. The summed E-state index contributed by atoms with van der Waals surface area (Å²) < 4.78 is 22.0. The van der Waals surface area contributed by atoms with Crippen LogP contribution in [0.2, 0.25) is 0 Å². The third-order valence-electron chi connectivity index (χ3n) is 2.33. The fourth-order valence-corrected chi connectivity index (χ4v) is 2.70. The number of carboxylic acid groups (broad SMARTS) is 1. The van der Waals surface area contributed by atoms with E-state index in [4.69, 9.17) is 5.11 Å². The van der Waals surface area contributed by atoms with E-state index in [0.29, 0.717) is 10.6 Å². The molecule has 1 heterocycles. The molecule has 1 atom stereocenters. The first-order chi connectivity index (χ1) is 8.70. The van der Waals surface area contributed by atoms with Gasteiger partial charge >= 0.3 is 5.97 Å². The molecule has 0 fully saturated rings. The molecule has 9 heteroatoms. The van der Waals surface area contributed by atoms with Crippen LogP contribution in [0.3, 0.4) is 0 Å². The summed E-state index contributed by atoms with van der Waals surface area (Å²) in [6.45, 7) is 1.64. The number of aryl methyl sites for hydroxylation is 1. The quantitative estimate of drug-likeness (QED) is 0.769. The lowest BCUT2D eigenvalue weighted by Crippen LogP contribution is -2.41. The smallest absolute Gasteiger partial charge is 0.326 e. The van der Waals surface area contributed by atoms with Gasteiger partial charge in [0.2, 0.25) is 0 Å². The molecule has 0 bridgehead atoms. The normalized spacial score (nSPS) is 12.9. The Bertz CT molecular complexity index is 578. The molecular formula is C10H14N2O5S2. The number of amides is 1. The Kier molecular flexibility index (Phi) is 5.01. The second-order valence-corrected chi connectivity index (χ2v) is 7.16. The van der Waals surface area contributed by atoms with E-state index in [-0.39, 0.29) is 12.2 Å². The highest BCUT2D eigenvalue weighted by atomic mass is 32.2. The van der Waals surface area contributed by atoms with Crippen LogP contribution in [0.5, 0.6) is 0 Å². The number of thiazole rings is 1. The number of carbonyl (C=O) groups is 2. The number of aliphatic carboxylic acids is 1. The molecular weight excluding hydrogens is 292 g/mol. The number of hydrogen-bond donors (Lipinski definition) is 2. The van der Waals surface area contributed by atoms with Gasteiger partial charge < -0.3 is 10.4 Å². The summed E-state index contributed by atoms with van der Waals surface area (Å²) in [6.07, 6.45) is 0.846. The molecule has 1 rings (SSSR count). The van der Waals surface area contributed by atoms with Gasteiger partial charge in [-0.3, -0.25) is 4.79 Å². The van der Waals surface area contributed by atoms with Crippen LogP contribution in [0.4, 0.5) is 0 Å². The average molecular weight is 306 g/mol. The van der Waals surface area contributed by atoms with Crippen molar-refractivity contribution in [3.8, 4) is 0 Å². The monoisotopic (exact) mass is 306 g/mol. The van der Waals surface area contributed by atoms with Crippen LogP contribution in [-0.4, -0.2) is 48.4 Å². The van der Waals surface area contributed by atoms with E-state index < -0.39 is 27.8 Å². The Hall–Kier alpha value is -1.48. The number of nitrogens with zero attached hydrogens (tertiary/aromatic N) is 1. The van der Waals surface area contributed by atoms with Gasteiger partial charge in [0, 0.05) is 6.26 Å². The first kappa shape index (κ1) is 15.6. The van der Waals surface area contributed by atoms with E-state index in [1.807, 2.05) is 0 Å². The van der Waals surface area contributed by atoms with Crippen molar-refractivity contribution in [1.82, 2.24) is 10.3 Å². The third kappa shape index (κ3) is 4.95.